The second kappa shape index (κ2) is 8.47. The third-order valence-electron chi connectivity index (χ3n) is 2.59. The van der Waals surface area contributed by atoms with Gasteiger partial charge in [-0.25, -0.2) is 17.6 Å². The maximum absolute atomic E-state index is 12.7. The Hall–Kier alpha value is -0.620. The minimum absolute atomic E-state index is 0.771. The van der Waals surface area contributed by atoms with E-state index in [4.69, 9.17) is 5.11 Å². The first-order chi connectivity index (χ1) is 9.90. The molecule has 0 saturated carbocycles. The summed E-state index contributed by atoms with van der Waals surface area (Å²) in [6, 6.07) is 0. The topological polar surface area (TPSA) is 63.6 Å². The van der Waals surface area contributed by atoms with Crippen molar-refractivity contribution >= 4 is 10.1 Å². The molecular weight excluding hydrogens is 361 g/mol. The zero-order valence-corrected chi connectivity index (χ0v) is 13.6. The number of hydrogen-bond donors (Lipinski definition) is 1. The van der Waals surface area contributed by atoms with Crippen LogP contribution in [0.2, 0.25) is 0 Å². The van der Waals surface area contributed by atoms with Gasteiger partial charge in [0.1, 0.15) is 13.2 Å². The van der Waals surface area contributed by atoms with Gasteiger partial charge in [-0.3, -0.25) is 4.18 Å². The third-order valence-corrected chi connectivity index (χ3v) is 3.59. The van der Waals surface area contributed by atoms with Crippen molar-refractivity contribution in [2.75, 3.05) is 13.2 Å². The van der Waals surface area contributed by atoms with Crippen molar-refractivity contribution in [2.45, 2.75) is 45.0 Å². The molecule has 0 aliphatic carbocycles. The summed E-state index contributed by atoms with van der Waals surface area (Å²) in [6.45, 7) is 1.94. The fraction of sp³-hybridized carbons (Fsp3) is 1.00. The number of hydrogen-bond acceptors (Lipinski definition) is 4. The molecule has 0 radical (unpaired) electrons. The van der Waals surface area contributed by atoms with Gasteiger partial charge in [-0.2, -0.15) is 21.6 Å². The van der Waals surface area contributed by atoms with Crippen LogP contribution in [0.25, 0.3) is 0 Å². The monoisotopic (exact) mass is 380 g/mol. The molecule has 142 valence electrons. The quantitative estimate of drug-likeness (QED) is 0.436. The van der Waals surface area contributed by atoms with Gasteiger partial charge >= 0.3 is 15.6 Å². The van der Waals surface area contributed by atoms with Crippen molar-refractivity contribution in [3.05, 3.63) is 0 Å². The molecule has 0 bridgehead atoms. The third kappa shape index (κ3) is 8.70. The largest absolute Gasteiger partial charge is 0.523 e. The molecular formula is C11H19F7O4S. The van der Waals surface area contributed by atoms with Crippen molar-refractivity contribution < 1.29 is 48.4 Å². The summed E-state index contributed by atoms with van der Waals surface area (Å²) in [5.41, 5.74) is -5.68. The van der Waals surface area contributed by atoms with Crippen LogP contribution in [0.5, 0.6) is 0 Å². The van der Waals surface area contributed by atoms with Gasteiger partial charge in [0, 0.05) is 11.8 Å². The predicted molar refractivity (Wildman–Crippen MR) is 67.6 cm³/mol. The molecule has 23 heavy (non-hydrogen) atoms. The van der Waals surface area contributed by atoms with Crippen molar-refractivity contribution in [1.82, 2.24) is 0 Å². The van der Waals surface area contributed by atoms with E-state index in [2.05, 4.69) is 4.18 Å². The van der Waals surface area contributed by atoms with Gasteiger partial charge in [0.2, 0.25) is 0 Å². The molecule has 1 N–H and O–H groups in total. The van der Waals surface area contributed by atoms with Crippen LogP contribution in [0.1, 0.15) is 27.7 Å². The summed E-state index contributed by atoms with van der Waals surface area (Å²) in [4.78, 5) is 0. The Morgan fingerprint density at radius 3 is 1.39 bits per heavy atom. The number of aliphatic hydroxyl groups is 1. The van der Waals surface area contributed by atoms with Crippen LogP contribution in [0.3, 0.4) is 0 Å². The number of aliphatic hydroxyl groups excluding tert-OH is 1. The molecule has 4 nitrogen and oxygen atoms in total. The first kappa shape index (κ1) is 24.6. The second-order valence-corrected chi connectivity index (χ2v) is 6.76. The van der Waals surface area contributed by atoms with Crippen molar-refractivity contribution in [3.8, 4) is 0 Å². The van der Waals surface area contributed by atoms with Crippen LogP contribution in [-0.4, -0.2) is 44.1 Å². The van der Waals surface area contributed by atoms with Crippen LogP contribution >= 0.6 is 0 Å². The lowest BCUT2D eigenvalue weighted by Crippen LogP contribution is -2.35. The average molecular weight is 380 g/mol. The fourth-order valence-electron chi connectivity index (χ4n) is 0.572. The Labute approximate surface area is 129 Å². The van der Waals surface area contributed by atoms with Gasteiger partial charge in [-0.05, 0) is 0 Å². The number of alkyl halides is 7. The van der Waals surface area contributed by atoms with Gasteiger partial charge in [-0.15, -0.1) is 0 Å². The molecule has 0 aromatic carbocycles. The molecule has 0 unspecified atom stereocenters. The highest BCUT2D eigenvalue weighted by Gasteiger charge is 2.49. The first-order valence-electron chi connectivity index (χ1n) is 6.23. The highest BCUT2D eigenvalue weighted by molar-refractivity contribution is 7.87. The number of halogens is 7. The summed E-state index contributed by atoms with van der Waals surface area (Å²) >= 11 is 0. The van der Waals surface area contributed by atoms with E-state index in [1.807, 2.05) is 0 Å². The van der Waals surface area contributed by atoms with E-state index in [-0.39, 0.29) is 0 Å². The second-order valence-electron chi connectivity index (χ2n) is 5.15. The van der Waals surface area contributed by atoms with E-state index in [1.54, 1.807) is 0 Å². The molecule has 12 heteroatoms. The minimum Gasteiger partial charge on any atom is -0.390 e. The summed E-state index contributed by atoms with van der Waals surface area (Å²) in [5.74, 6) is -8.62. The van der Waals surface area contributed by atoms with Crippen LogP contribution < -0.4 is 0 Å². The van der Waals surface area contributed by atoms with Crippen LogP contribution in [0.4, 0.5) is 30.7 Å². The molecule has 0 spiro atoms. The van der Waals surface area contributed by atoms with Gasteiger partial charge in [0.05, 0.1) is 0 Å². The van der Waals surface area contributed by atoms with E-state index in [1.165, 1.54) is 13.8 Å². The molecule has 0 aliphatic heterocycles. The maximum Gasteiger partial charge on any atom is 0.523 e. The van der Waals surface area contributed by atoms with Gasteiger partial charge in [0.15, 0.2) is 0 Å². The fourth-order valence-corrected chi connectivity index (χ4v) is 1.02. The predicted octanol–water partition coefficient (Wildman–Crippen LogP) is 3.41. The molecule has 0 amide bonds. The molecule has 0 saturated heterocycles. The Balaban J connectivity index is 0. The van der Waals surface area contributed by atoms with Crippen molar-refractivity contribution in [1.29, 1.82) is 0 Å². The van der Waals surface area contributed by atoms with Crippen LogP contribution in [0, 0.1) is 11.8 Å². The van der Waals surface area contributed by atoms with Gasteiger partial charge in [-0.1, -0.05) is 27.7 Å². The smallest absolute Gasteiger partial charge is 0.390 e. The number of rotatable bonds is 6. The molecule has 0 aromatic heterocycles. The standard InChI is InChI=1S/C6H9F5O3S.C5H10F2O/c1-4(2)5(7,8)3-14-15(12,13)6(9,10)11;1-4(2)5(6,7)3-8/h4H,3H2,1-2H3;4,8H,3H2,1-2H3. The Morgan fingerprint density at radius 2 is 1.22 bits per heavy atom. The van der Waals surface area contributed by atoms with E-state index >= 15 is 0 Å². The Kier molecular flexibility index (Phi) is 9.07. The Bertz CT molecular complexity index is 444. The van der Waals surface area contributed by atoms with Crippen molar-refractivity contribution in [2.24, 2.45) is 11.8 Å². The van der Waals surface area contributed by atoms with E-state index in [0.29, 0.717) is 0 Å². The average Bonchev–Trinajstić information content (AvgIpc) is 2.35. The SMILES string of the molecule is CC(C)C(F)(F)CO.CC(C)C(F)(F)COS(=O)(=O)C(F)(F)F. The molecule has 0 rings (SSSR count). The molecule has 0 aromatic rings. The lowest BCUT2D eigenvalue weighted by molar-refractivity contribution is -0.0917. The molecule has 0 fully saturated rings. The molecule has 0 heterocycles. The maximum atomic E-state index is 12.7. The van der Waals surface area contributed by atoms with E-state index < -0.39 is 52.5 Å². The lowest BCUT2D eigenvalue weighted by Gasteiger charge is -2.20. The lowest BCUT2D eigenvalue weighted by atomic mass is 10.1. The summed E-state index contributed by atoms with van der Waals surface area (Å²) < 4.78 is 108. The minimum atomic E-state index is -5.94. The summed E-state index contributed by atoms with van der Waals surface area (Å²) in [5, 5.41) is 8.01. The van der Waals surface area contributed by atoms with Gasteiger partial charge in [0.25, 0.3) is 11.8 Å². The normalized spacial score (nSPS) is 14.0. The zero-order chi connectivity index (χ0) is 19.3. The molecule has 0 atom stereocenters. The first-order valence-corrected chi connectivity index (χ1v) is 7.63. The zero-order valence-electron chi connectivity index (χ0n) is 12.8. The van der Waals surface area contributed by atoms with Gasteiger partial charge < -0.3 is 5.11 Å². The van der Waals surface area contributed by atoms with E-state index in [9.17, 15) is 39.2 Å². The van der Waals surface area contributed by atoms with Crippen LogP contribution in [0.15, 0.2) is 0 Å². The highest BCUT2D eigenvalue weighted by Crippen LogP contribution is 2.29. The van der Waals surface area contributed by atoms with Crippen LogP contribution in [-0.2, 0) is 14.3 Å². The summed E-state index contributed by atoms with van der Waals surface area (Å²) in [7, 11) is -5.94. The van der Waals surface area contributed by atoms with Crippen molar-refractivity contribution in [3.63, 3.8) is 0 Å². The highest BCUT2D eigenvalue weighted by atomic mass is 32.2. The summed E-state index contributed by atoms with van der Waals surface area (Å²) in [6.07, 6.45) is 0. The van der Waals surface area contributed by atoms with E-state index in [0.717, 1.165) is 13.8 Å². The molecule has 0 aliphatic rings. The Morgan fingerprint density at radius 1 is 0.870 bits per heavy atom.